The maximum absolute atomic E-state index is 5.87. The predicted molar refractivity (Wildman–Crippen MR) is 80.3 cm³/mol. The van der Waals surface area contributed by atoms with Crippen molar-refractivity contribution in [1.29, 1.82) is 0 Å². The molecule has 1 heterocycles. The standard InChI is InChI=1S/C16H18N2O2/c1-19-11-13(20-2)7-3-5-12-6-4-8-15-14(12)9-10-18-16(15)17/h4,6,8-10,13H,7,11H2,1-2H3,(H2,17,18). The maximum atomic E-state index is 5.87. The molecule has 0 radical (unpaired) electrons. The Morgan fingerprint density at radius 3 is 2.85 bits per heavy atom. The summed E-state index contributed by atoms with van der Waals surface area (Å²) in [6, 6.07) is 7.80. The fraction of sp³-hybridized carbons (Fsp3) is 0.312. The van der Waals surface area contributed by atoms with Crippen molar-refractivity contribution in [3.8, 4) is 11.8 Å². The summed E-state index contributed by atoms with van der Waals surface area (Å²) in [5.74, 6) is 6.83. The molecule has 0 aliphatic rings. The van der Waals surface area contributed by atoms with Gasteiger partial charge in [0.05, 0.1) is 12.7 Å². The summed E-state index contributed by atoms with van der Waals surface area (Å²) in [4.78, 5) is 4.09. The molecule has 2 aromatic rings. The molecule has 0 bridgehead atoms. The maximum Gasteiger partial charge on any atom is 0.131 e. The topological polar surface area (TPSA) is 57.4 Å². The van der Waals surface area contributed by atoms with Crippen LogP contribution in [-0.4, -0.2) is 31.9 Å². The van der Waals surface area contributed by atoms with Gasteiger partial charge in [0.25, 0.3) is 0 Å². The molecule has 2 rings (SSSR count). The van der Waals surface area contributed by atoms with Gasteiger partial charge in [0.2, 0.25) is 0 Å². The summed E-state index contributed by atoms with van der Waals surface area (Å²) < 4.78 is 10.3. The quantitative estimate of drug-likeness (QED) is 0.865. The zero-order valence-electron chi connectivity index (χ0n) is 11.7. The number of hydrogen-bond acceptors (Lipinski definition) is 4. The van der Waals surface area contributed by atoms with Gasteiger partial charge in [-0.05, 0) is 12.1 Å². The third kappa shape index (κ3) is 3.27. The molecular formula is C16H18N2O2. The Hall–Kier alpha value is -2.09. The van der Waals surface area contributed by atoms with Crippen molar-refractivity contribution in [3.05, 3.63) is 36.0 Å². The van der Waals surface area contributed by atoms with Crippen molar-refractivity contribution in [2.45, 2.75) is 12.5 Å². The lowest BCUT2D eigenvalue weighted by atomic mass is 10.1. The fourth-order valence-corrected chi connectivity index (χ4v) is 2.00. The summed E-state index contributed by atoms with van der Waals surface area (Å²) in [5.41, 5.74) is 6.82. The molecule has 0 aliphatic carbocycles. The molecule has 0 amide bonds. The summed E-state index contributed by atoms with van der Waals surface area (Å²) >= 11 is 0. The average molecular weight is 270 g/mol. The Morgan fingerprint density at radius 2 is 2.10 bits per heavy atom. The number of nitrogens with zero attached hydrogens (tertiary/aromatic N) is 1. The van der Waals surface area contributed by atoms with E-state index in [2.05, 4.69) is 16.8 Å². The van der Waals surface area contributed by atoms with Crippen LogP contribution in [0.1, 0.15) is 12.0 Å². The third-order valence-corrected chi connectivity index (χ3v) is 3.08. The van der Waals surface area contributed by atoms with E-state index in [1.807, 2.05) is 24.3 Å². The highest BCUT2D eigenvalue weighted by atomic mass is 16.5. The zero-order chi connectivity index (χ0) is 14.4. The van der Waals surface area contributed by atoms with Crippen LogP contribution in [0.15, 0.2) is 30.5 Å². The molecule has 20 heavy (non-hydrogen) atoms. The van der Waals surface area contributed by atoms with E-state index in [9.17, 15) is 0 Å². The largest absolute Gasteiger partial charge is 0.383 e. The van der Waals surface area contributed by atoms with Crippen LogP contribution in [0.5, 0.6) is 0 Å². The second kappa shape index (κ2) is 6.90. The van der Waals surface area contributed by atoms with Gasteiger partial charge >= 0.3 is 0 Å². The van der Waals surface area contributed by atoms with E-state index in [0.717, 1.165) is 16.3 Å². The number of hydrogen-bond donors (Lipinski definition) is 1. The number of pyridine rings is 1. The van der Waals surface area contributed by atoms with Gasteiger partial charge in [-0.15, -0.1) is 0 Å². The number of fused-ring (bicyclic) bond motifs is 1. The van der Waals surface area contributed by atoms with Crippen LogP contribution in [0.25, 0.3) is 10.8 Å². The SMILES string of the molecule is COCC(CC#Cc1cccc2c(N)nccc12)OC. The van der Waals surface area contributed by atoms with E-state index in [4.69, 9.17) is 15.2 Å². The number of nitrogen functional groups attached to an aromatic ring is 1. The average Bonchev–Trinajstić information content (AvgIpc) is 2.47. The van der Waals surface area contributed by atoms with Gasteiger partial charge in [0.1, 0.15) is 5.82 Å². The van der Waals surface area contributed by atoms with Gasteiger partial charge in [0, 0.05) is 43.2 Å². The number of rotatable bonds is 4. The molecule has 2 N–H and O–H groups in total. The highest BCUT2D eigenvalue weighted by molar-refractivity contribution is 5.94. The van der Waals surface area contributed by atoms with Crippen molar-refractivity contribution < 1.29 is 9.47 Å². The molecule has 1 aromatic heterocycles. The molecule has 4 nitrogen and oxygen atoms in total. The van der Waals surface area contributed by atoms with Crippen molar-refractivity contribution in [2.24, 2.45) is 0 Å². The Bertz CT molecular complexity index is 644. The van der Waals surface area contributed by atoms with Crippen molar-refractivity contribution in [1.82, 2.24) is 4.98 Å². The molecular weight excluding hydrogens is 252 g/mol. The van der Waals surface area contributed by atoms with Gasteiger partial charge in [0.15, 0.2) is 0 Å². The number of benzene rings is 1. The lowest BCUT2D eigenvalue weighted by molar-refractivity contribution is 0.0318. The minimum absolute atomic E-state index is 0.00536. The van der Waals surface area contributed by atoms with Crippen LogP contribution >= 0.6 is 0 Å². The first-order valence-corrected chi connectivity index (χ1v) is 6.40. The van der Waals surface area contributed by atoms with Crippen LogP contribution in [0.2, 0.25) is 0 Å². The third-order valence-electron chi connectivity index (χ3n) is 3.08. The van der Waals surface area contributed by atoms with Crippen LogP contribution in [-0.2, 0) is 9.47 Å². The Balaban J connectivity index is 2.24. The lowest BCUT2D eigenvalue weighted by Crippen LogP contribution is -2.16. The molecule has 0 fully saturated rings. The summed E-state index contributed by atoms with van der Waals surface area (Å²) in [6.45, 7) is 0.539. The number of methoxy groups -OCH3 is 2. The van der Waals surface area contributed by atoms with Crippen LogP contribution in [0, 0.1) is 11.8 Å². The normalized spacial score (nSPS) is 11.9. The number of nitrogens with two attached hydrogens (primary N) is 1. The van der Waals surface area contributed by atoms with E-state index in [-0.39, 0.29) is 6.10 Å². The lowest BCUT2D eigenvalue weighted by Gasteiger charge is -2.09. The highest BCUT2D eigenvalue weighted by Crippen LogP contribution is 2.21. The monoisotopic (exact) mass is 270 g/mol. The first-order valence-electron chi connectivity index (χ1n) is 6.40. The number of aromatic nitrogens is 1. The Kier molecular flexibility index (Phi) is 4.94. The second-order valence-electron chi connectivity index (χ2n) is 4.42. The number of ether oxygens (including phenoxy) is 2. The predicted octanol–water partition coefficient (Wildman–Crippen LogP) is 2.22. The molecule has 0 saturated carbocycles. The minimum Gasteiger partial charge on any atom is -0.383 e. The fourth-order valence-electron chi connectivity index (χ4n) is 2.00. The summed E-state index contributed by atoms with van der Waals surface area (Å²) in [7, 11) is 3.32. The highest BCUT2D eigenvalue weighted by Gasteiger charge is 2.04. The van der Waals surface area contributed by atoms with Crippen molar-refractivity contribution >= 4 is 16.6 Å². The Labute approximate surface area is 118 Å². The molecule has 1 atom stereocenters. The number of anilines is 1. The first-order chi connectivity index (χ1) is 9.76. The smallest absolute Gasteiger partial charge is 0.131 e. The van der Waals surface area contributed by atoms with Crippen LogP contribution in [0.3, 0.4) is 0 Å². The van der Waals surface area contributed by atoms with E-state index in [1.165, 1.54) is 0 Å². The molecule has 1 unspecified atom stereocenters. The molecule has 0 aliphatic heterocycles. The van der Waals surface area contributed by atoms with Crippen LogP contribution in [0.4, 0.5) is 5.82 Å². The van der Waals surface area contributed by atoms with Gasteiger partial charge in [-0.1, -0.05) is 24.0 Å². The first kappa shape index (κ1) is 14.3. The summed E-state index contributed by atoms with van der Waals surface area (Å²) in [5, 5.41) is 1.95. The molecule has 0 saturated heterocycles. The van der Waals surface area contributed by atoms with E-state index >= 15 is 0 Å². The molecule has 1 aromatic carbocycles. The van der Waals surface area contributed by atoms with Gasteiger partial charge in [-0.2, -0.15) is 0 Å². The Morgan fingerprint density at radius 1 is 1.25 bits per heavy atom. The van der Waals surface area contributed by atoms with Gasteiger partial charge in [-0.3, -0.25) is 0 Å². The van der Waals surface area contributed by atoms with E-state index < -0.39 is 0 Å². The van der Waals surface area contributed by atoms with Gasteiger partial charge in [-0.25, -0.2) is 4.98 Å². The summed E-state index contributed by atoms with van der Waals surface area (Å²) in [6.07, 6.45) is 2.32. The minimum atomic E-state index is -0.00536. The van der Waals surface area contributed by atoms with E-state index in [1.54, 1.807) is 20.4 Å². The van der Waals surface area contributed by atoms with Crippen LogP contribution < -0.4 is 5.73 Å². The zero-order valence-corrected chi connectivity index (χ0v) is 11.7. The van der Waals surface area contributed by atoms with E-state index in [0.29, 0.717) is 18.8 Å². The second-order valence-corrected chi connectivity index (χ2v) is 4.42. The molecule has 4 heteroatoms. The van der Waals surface area contributed by atoms with Crippen molar-refractivity contribution in [3.63, 3.8) is 0 Å². The van der Waals surface area contributed by atoms with Crippen molar-refractivity contribution in [2.75, 3.05) is 26.6 Å². The molecule has 104 valence electrons. The van der Waals surface area contributed by atoms with Gasteiger partial charge < -0.3 is 15.2 Å². The molecule has 0 spiro atoms.